The molecule has 1 aliphatic carbocycles. The first-order chi connectivity index (χ1) is 14.9. The van der Waals surface area contributed by atoms with Gasteiger partial charge in [-0.25, -0.2) is 4.79 Å². The Kier molecular flexibility index (Phi) is 6.09. The number of esters is 1. The third kappa shape index (κ3) is 4.21. The van der Waals surface area contributed by atoms with Gasteiger partial charge < -0.3 is 24.0 Å². The summed E-state index contributed by atoms with van der Waals surface area (Å²) in [6.45, 7) is 2.86. The van der Waals surface area contributed by atoms with Gasteiger partial charge in [-0.2, -0.15) is 0 Å². The van der Waals surface area contributed by atoms with Crippen LogP contribution in [0, 0.1) is 11.3 Å². The highest BCUT2D eigenvalue weighted by molar-refractivity contribution is 6.30. The maximum atomic E-state index is 13.0. The molecule has 1 aromatic carbocycles. The van der Waals surface area contributed by atoms with Crippen molar-refractivity contribution >= 4 is 23.7 Å². The molecular formula is C22H25ClN2O6. The Labute approximate surface area is 185 Å². The molecule has 0 bridgehead atoms. The molecule has 2 fully saturated rings. The zero-order chi connectivity index (χ0) is 22.0. The highest BCUT2D eigenvalue weighted by atomic mass is 35.5. The number of nitrogens with zero attached hydrogens (tertiary/aromatic N) is 2. The number of hydrogen-bond donors (Lipinski definition) is 1. The maximum Gasteiger partial charge on any atom is 0.407 e. The summed E-state index contributed by atoms with van der Waals surface area (Å²) >= 11 is 5.99. The average molecular weight is 449 g/mol. The quantitative estimate of drug-likeness (QED) is 0.660. The van der Waals surface area contributed by atoms with E-state index in [4.69, 9.17) is 25.6 Å². The van der Waals surface area contributed by atoms with Crippen molar-refractivity contribution in [1.29, 1.82) is 0 Å². The largest absolute Gasteiger partial charge is 0.490 e. The number of likely N-dealkylation sites (tertiary alicyclic amines) is 1. The Balaban J connectivity index is 1.64. The molecular weight excluding hydrogens is 424 g/mol. The normalized spacial score (nSPS) is 23.1. The summed E-state index contributed by atoms with van der Waals surface area (Å²) in [5.41, 5.74) is -0.243. The van der Waals surface area contributed by atoms with Crippen LogP contribution in [0.4, 0.5) is 4.79 Å². The number of carboxylic acid groups (broad SMARTS) is 1. The van der Waals surface area contributed by atoms with Crippen molar-refractivity contribution < 1.29 is 28.7 Å². The van der Waals surface area contributed by atoms with Gasteiger partial charge in [-0.05, 0) is 55.9 Å². The fourth-order valence-corrected chi connectivity index (χ4v) is 5.13. The molecule has 1 aromatic heterocycles. The van der Waals surface area contributed by atoms with Gasteiger partial charge >= 0.3 is 12.1 Å². The molecule has 1 amide bonds. The van der Waals surface area contributed by atoms with Gasteiger partial charge in [0.15, 0.2) is 5.76 Å². The van der Waals surface area contributed by atoms with Crippen LogP contribution in [-0.2, 0) is 9.53 Å². The first-order valence-electron chi connectivity index (χ1n) is 10.4. The Morgan fingerprint density at radius 2 is 2.00 bits per heavy atom. The molecule has 1 saturated carbocycles. The van der Waals surface area contributed by atoms with Crippen LogP contribution in [0.5, 0.6) is 5.75 Å². The van der Waals surface area contributed by atoms with E-state index >= 15 is 0 Å². The number of piperidine rings is 1. The number of carbonyl (C=O) groups is 2. The third-order valence-electron chi connectivity index (χ3n) is 6.51. The minimum atomic E-state index is -0.920. The van der Waals surface area contributed by atoms with E-state index in [1.807, 2.05) is 0 Å². The molecule has 31 heavy (non-hydrogen) atoms. The molecule has 2 heterocycles. The summed E-state index contributed by atoms with van der Waals surface area (Å²) in [7, 11) is 0. The van der Waals surface area contributed by atoms with E-state index in [0.717, 1.165) is 6.42 Å². The van der Waals surface area contributed by atoms with E-state index in [1.54, 1.807) is 37.3 Å². The van der Waals surface area contributed by atoms with E-state index in [1.165, 1.54) is 11.1 Å². The van der Waals surface area contributed by atoms with Gasteiger partial charge in [-0.15, -0.1) is 0 Å². The van der Waals surface area contributed by atoms with Gasteiger partial charge in [-0.3, -0.25) is 4.79 Å². The number of carbonyl (C=O) groups excluding carboxylic acids is 1. The van der Waals surface area contributed by atoms with Gasteiger partial charge in [0, 0.05) is 30.1 Å². The molecule has 4 rings (SSSR count). The lowest BCUT2D eigenvalue weighted by atomic mass is 9.50. The summed E-state index contributed by atoms with van der Waals surface area (Å²) in [6.07, 6.45) is 2.35. The second-order valence-corrected chi connectivity index (χ2v) is 8.55. The molecule has 3 unspecified atom stereocenters. The smallest absolute Gasteiger partial charge is 0.407 e. The number of halogens is 1. The van der Waals surface area contributed by atoms with Crippen molar-refractivity contribution in [3.8, 4) is 5.75 Å². The third-order valence-corrected chi connectivity index (χ3v) is 6.76. The number of hydrogen-bond acceptors (Lipinski definition) is 6. The van der Waals surface area contributed by atoms with Gasteiger partial charge in [0.05, 0.1) is 12.8 Å². The van der Waals surface area contributed by atoms with Gasteiger partial charge in [0.2, 0.25) is 0 Å². The Bertz CT molecular complexity index is 909. The Hall–Kier alpha value is -2.74. The maximum absolute atomic E-state index is 13.0. The summed E-state index contributed by atoms with van der Waals surface area (Å²) in [5, 5.41) is 13.7. The summed E-state index contributed by atoms with van der Waals surface area (Å²) in [5.74, 6) is -0.185. The van der Waals surface area contributed by atoms with E-state index in [9.17, 15) is 14.7 Å². The fraction of sp³-hybridized carbons (Fsp3) is 0.500. The Morgan fingerprint density at radius 1 is 1.29 bits per heavy atom. The monoisotopic (exact) mass is 448 g/mol. The van der Waals surface area contributed by atoms with Crippen molar-refractivity contribution in [1.82, 2.24) is 10.1 Å². The van der Waals surface area contributed by atoms with Crippen LogP contribution in [0.3, 0.4) is 0 Å². The van der Waals surface area contributed by atoms with Crippen molar-refractivity contribution in [3.05, 3.63) is 47.3 Å². The predicted octanol–water partition coefficient (Wildman–Crippen LogP) is 4.20. The molecule has 2 aliphatic rings. The molecule has 1 aliphatic heterocycles. The lowest BCUT2D eigenvalue weighted by molar-refractivity contribution is -0.168. The second kappa shape index (κ2) is 8.78. The van der Waals surface area contributed by atoms with Gasteiger partial charge in [-0.1, -0.05) is 16.8 Å². The Morgan fingerprint density at radius 3 is 2.58 bits per heavy atom. The predicted molar refractivity (Wildman–Crippen MR) is 111 cm³/mol. The first-order valence-corrected chi connectivity index (χ1v) is 10.8. The van der Waals surface area contributed by atoms with Crippen LogP contribution in [0.25, 0.3) is 0 Å². The van der Waals surface area contributed by atoms with E-state index in [0.29, 0.717) is 42.5 Å². The lowest BCUT2D eigenvalue weighted by Gasteiger charge is -2.59. The van der Waals surface area contributed by atoms with Crippen molar-refractivity contribution in [3.63, 3.8) is 0 Å². The van der Waals surface area contributed by atoms with Crippen LogP contribution in [0.15, 0.2) is 41.1 Å². The zero-order valence-electron chi connectivity index (χ0n) is 17.2. The first kappa shape index (κ1) is 21.5. The van der Waals surface area contributed by atoms with E-state index in [2.05, 4.69) is 5.16 Å². The van der Waals surface area contributed by atoms with Crippen LogP contribution < -0.4 is 4.74 Å². The number of benzene rings is 1. The van der Waals surface area contributed by atoms with Crippen molar-refractivity contribution in [2.75, 3.05) is 19.7 Å². The molecule has 1 spiro atoms. The summed E-state index contributed by atoms with van der Waals surface area (Å²) in [4.78, 5) is 25.8. The van der Waals surface area contributed by atoms with Gasteiger partial charge in [0.25, 0.3) is 0 Å². The van der Waals surface area contributed by atoms with Crippen molar-refractivity contribution in [2.24, 2.45) is 11.3 Å². The number of aromatic nitrogens is 1. The van der Waals surface area contributed by atoms with Gasteiger partial charge in [0.1, 0.15) is 17.8 Å². The molecule has 9 heteroatoms. The minimum Gasteiger partial charge on any atom is -0.490 e. The summed E-state index contributed by atoms with van der Waals surface area (Å²) < 4.78 is 17.1. The second-order valence-electron chi connectivity index (χ2n) is 8.12. The lowest BCUT2D eigenvalue weighted by Crippen LogP contribution is -2.61. The SMILES string of the molecule is CCOC(=O)C(c1ccno1)C1C(Oc2ccc(Cl)cc2)CC12CCN(C(=O)O)CC2. The van der Waals surface area contributed by atoms with Crippen molar-refractivity contribution in [2.45, 2.75) is 38.2 Å². The molecule has 1 N–H and O–H groups in total. The minimum absolute atomic E-state index is 0.230. The fourth-order valence-electron chi connectivity index (χ4n) is 5.01. The average Bonchev–Trinajstić information content (AvgIpc) is 3.28. The standard InChI is InChI=1S/C22H25ClN2O6/c1-2-29-20(26)18(16-7-10-24-31-16)19-17(30-15-5-3-14(23)4-6-15)13-22(19)8-11-25(12-9-22)21(27)28/h3-7,10,17-19H,2,8-9,11-13H2,1H3,(H,27,28). The molecule has 2 aromatic rings. The highest BCUT2D eigenvalue weighted by Gasteiger charge is 2.61. The molecule has 8 nitrogen and oxygen atoms in total. The molecule has 3 atom stereocenters. The van der Waals surface area contributed by atoms with Crippen LogP contribution in [-0.4, -0.2) is 53.0 Å². The van der Waals surface area contributed by atoms with Crippen LogP contribution in [0.2, 0.25) is 5.02 Å². The number of amides is 1. The number of rotatable bonds is 6. The van der Waals surface area contributed by atoms with Crippen LogP contribution in [0.1, 0.15) is 37.9 Å². The van der Waals surface area contributed by atoms with Crippen LogP contribution >= 0.6 is 11.6 Å². The molecule has 0 radical (unpaired) electrons. The topological polar surface area (TPSA) is 102 Å². The van der Waals surface area contributed by atoms with E-state index < -0.39 is 12.0 Å². The molecule has 166 valence electrons. The highest BCUT2D eigenvalue weighted by Crippen LogP contribution is 2.60. The molecule has 1 saturated heterocycles. The number of ether oxygens (including phenoxy) is 2. The zero-order valence-corrected chi connectivity index (χ0v) is 18.0. The van der Waals surface area contributed by atoms with E-state index in [-0.39, 0.29) is 30.0 Å². The summed E-state index contributed by atoms with van der Waals surface area (Å²) in [6, 6.07) is 8.78.